The molecule has 2 N–H and O–H groups in total. The van der Waals surface area contributed by atoms with E-state index in [-0.39, 0.29) is 6.42 Å². The van der Waals surface area contributed by atoms with Crippen molar-refractivity contribution in [2.75, 3.05) is 5.32 Å². The highest BCUT2D eigenvalue weighted by Crippen LogP contribution is 2.41. The van der Waals surface area contributed by atoms with Crippen LogP contribution in [-0.4, -0.2) is 22.3 Å². The number of nitrogens with zero attached hydrogens (tertiary/aromatic N) is 1. The molecule has 0 saturated heterocycles. The third-order valence-corrected chi connectivity index (χ3v) is 7.59. The van der Waals surface area contributed by atoms with Gasteiger partial charge in [-0.2, -0.15) is 0 Å². The Morgan fingerprint density at radius 1 is 1.09 bits per heavy atom. The number of carboxylic acid groups (broad SMARTS) is 1. The molecule has 0 aliphatic heterocycles. The van der Waals surface area contributed by atoms with E-state index in [1.165, 1.54) is 22.7 Å². The third kappa shape index (κ3) is 4.40. The number of thiophene rings is 2. The quantitative estimate of drug-likeness (QED) is 0.264. The van der Waals surface area contributed by atoms with Crippen LogP contribution < -0.4 is 5.32 Å². The van der Waals surface area contributed by atoms with Crippen molar-refractivity contribution >= 4 is 60.6 Å². The monoisotopic (exact) mass is 492 g/mol. The number of aliphatic carboxylic acids is 1. The first-order valence-corrected chi connectivity index (χ1v) is 12.2. The summed E-state index contributed by atoms with van der Waals surface area (Å²) in [4.78, 5) is 25.3. The topological polar surface area (TPSA) is 102 Å². The first-order valence-electron chi connectivity index (χ1n) is 10.5. The maximum atomic E-state index is 12.6. The molecule has 0 radical (unpaired) electrons. The molecule has 3 heterocycles. The summed E-state index contributed by atoms with van der Waals surface area (Å²) in [6.45, 7) is 3.58. The lowest BCUT2D eigenvalue weighted by Gasteiger charge is -2.14. The molecule has 172 valence electrons. The lowest BCUT2D eigenvalue weighted by molar-refractivity contribution is -0.136. The van der Waals surface area contributed by atoms with E-state index in [1.54, 1.807) is 6.92 Å². The van der Waals surface area contributed by atoms with Crippen molar-refractivity contribution in [3.8, 4) is 10.6 Å². The van der Waals surface area contributed by atoms with Crippen molar-refractivity contribution in [2.24, 2.45) is 0 Å². The molecule has 0 bridgehead atoms. The summed E-state index contributed by atoms with van der Waals surface area (Å²) in [5.41, 5.74) is 1.93. The molecular weight excluding hydrogens is 472 g/mol. The van der Waals surface area contributed by atoms with Crippen LogP contribution in [0.2, 0.25) is 0 Å². The molecule has 1 unspecified atom stereocenters. The van der Waals surface area contributed by atoms with Gasteiger partial charge in [0.15, 0.2) is 0 Å². The van der Waals surface area contributed by atoms with Crippen molar-refractivity contribution in [2.45, 2.75) is 26.4 Å². The van der Waals surface area contributed by atoms with E-state index in [1.807, 2.05) is 61.5 Å². The number of ether oxygens (including phenoxy) is 1. The second-order valence-electron chi connectivity index (χ2n) is 7.88. The molecule has 5 rings (SSSR count). The van der Waals surface area contributed by atoms with Gasteiger partial charge in [-0.05, 0) is 54.4 Å². The number of benzene rings is 2. The number of hydrogen-bond acceptors (Lipinski definition) is 7. The van der Waals surface area contributed by atoms with Crippen LogP contribution in [0.25, 0.3) is 30.8 Å². The van der Waals surface area contributed by atoms with Gasteiger partial charge in [0, 0.05) is 14.3 Å². The fraction of sp³-hybridized carbons (Fsp3) is 0.160. The number of fused-ring (bicyclic) bond motifs is 2. The average molecular weight is 493 g/mol. The molecule has 0 saturated carbocycles. The first-order chi connectivity index (χ1) is 16.4. The molecular formula is C25H20N2O5S2. The number of nitrogens with one attached hydrogen (secondary N) is 1. The predicted octanol–water partition coefficient (Wildman–Crippen LogP) is 7.02. The molecule has 1 atom stereocenters. The van der Waals surface area contributed by atoms with Crippen molar-refractivity contribution in [3.05, 3.63) is 70.7 Å². The number of carbonyl (C=O) groups is 2. The molecule has 3 aromatic heterocycles. The fourth-order valence-corrected chi connectivity index (χ4v) is 5.91. The molecule has 9 heteroatoms. The van der Waals surface area contributed by atoms with Crippen molar-refractivity contribution in [1.82, 2.24) is 5.16 Å². The van der Waals surface area contributed by atoms with Crippen LogP contribution in [0.5, 0.6) is 0 Å². The fourth-order valence-electron chi connectivity index (χ4n) is 3.74. The summed E-state index contributed by atoms with van der Waals surface area (Å²) in [5, 5.41) is 17.9. The van der Waals surface area contributed by atoms with E-state index in [9.17, 15) is 9.59 Å². The maximum Gasteiger partial charge on any atom is 0.412 e. The Balaban J connectivity index is 1.40. The van der Waals surface area contributed by atoms with Gasteiger partial charge in [-0.25, -0.2) is 4.79 Å². The van der Waals surface area contributed by atoms with E-state index in [0.29, 0.717) is 17.1 Å². The van der Waals surface area contributed by atoms with E-state index in [0.717, 1.165) is 35.5 Å². The zero-order chi connectivity index (χ0) is 23.8. The van der Waals surface area contributed by atoms with Gasteiger partial charge in [0.1, 0.15) is 17.5 Å². The van der Waals surface area contributed by atoms with Gasteiger partial charge in [-0.15, -0.1) is 22.7 Å². The Kier molecular flexibility index (Phi) is 5.80. The Hall–Kier alpha value is -3.69. The Morgan fingerprint density at radius 2 is 1.79 bits per heavy atom. The average Bonchev–Trinajstić information content (AvgIpc) is 3.48. The second kappa shape index (κ2) is 8.92. The van der Waals surface area contributed by atoms with Gasteiger partial charge < -0.3 is 14.4 Å². The minimum atomic E-state index is -0.840. The minimum absolute atomic E-state index is 0.0175. The standard InChI is InChI=1S/C25H20N2O5S2/c1-13-23(26-25(30)31-14(2)15-6-4-3-5-7-15)24(32-27-13)21-11-17-10-19-16(9-20(17)34-21)8-18(33-19)12-22(28)29/h3-11,14H,12H2,1-2H3,(H,26,30)(H,28,29). The number of hydrogen-bond donors (Lipinski definition) is 2. The summed E-state index contributed by atoms with van der Waals surface area (Å²) in [6, 6.07) is 17.5. The summed E-state index contributed by atoms with van der Waals surface area (Å²) < 4.78 is 13.2. The van der Waals surface area contributed by atoms with E-state index >= 15 is 0 Å². The summed E-state index contributed by atoms with van der Waals surface area (Å²) in [6.07, 6.45) is -0.978. The van der Waals surface area contributed by atoms with Gasteiger partial charge in [0.25, 0.3) is 0 Å². The Morgan fingerprint density at radius 3 is 2.53 bits per heavy atom. The molecule has 2 aromatic carbocycles. The molecule has 0 fully saturated rings. The zero-order valence-electron chi connectivity index (χ0n) is 18.3. The molecule has 0 spiro atoms. The number of amides is 1. The highest BCUT2D eigenvalue weighted by Gasteiger charge is 2.21. The molecule has 0 aliphatic rings. The number of carboxylic acids is 1. The lowest BCUT2D eigenvalue weighted by atomic mass is 10.1. The van der Waals surface area contributed by atoms with Crippen molar-refractivity contribution in [1.29, 1.82) is 0 Å². The summed E-state index contributed by atoms with van der Waals surface area (Å²) in [5.74, 6) is -0.369. The molecule has 0 aliphatic carbocycles. The summed E-state index contributed by atoms with van der Waals surface area (Å²) in [7, 11) is 0. The van der Waals surface area contributed by atoms with E-state index < -0.39 is 18.2 Å². The van der Waals surface area contributed by atoms with Crippen LogP contribution in [0.15, 0.2) is 59.1 Å². The zero-order valence-corrected chi connectivity index (χ0v) is 20.0. The molecule has 1 amide bonds. The van der Waals surface area contributed by atoms with Gasteiger partial charge >= 0.3 is 12.1 Å². The van der Waals surface area contributed by atoms with Crippen LogP contribution in [0, 0.1) is 6.92 Å². The first kappa shape index (κ1) is 22.1. The Bertz CT molecular complexity index is 1470. The van der Waals surface area contributed by atoms with Gasteiger partial charge in [0.05, 0.1) is 11.3 Å². The lowest BCUT2D eigenvalue weighted by Crippen LogP contribution is -2.16. The largest absolute Gasteiger partial charge is 0.481 e. The van der Waals surface area contributed by atoms with E-state index in [4.69, 9.17) is 14.4 Å². The third-order valence-electron chi connectivity index (χ3n) is 5.40. The van der Waals surface area contributed by atoms with Crippen LogP contribution in [0.3, 0.4) is 0 Å². The molecule has 5 aromatic rings. The number of aromatic nitrogens is 1. The van der Waals surface area contributed by atoms with Crippen molar-refractivity contribution < 1.29 is 24.0 Å². The number of aryl methyl sites for hydroxylation is 1. The summed E-state index contributed by atoms with van der Waals surface area (Å²) >= 11 is 3.00. The smallest absolute Gasteiger partial charge is 0.412 e. The van der Waals surface area contributed by atoms with E-state index in [2.05, 4.69) is 10.5 Å². The normalized spacial score (nSPS) is 12.2. The number of carbonyl (C=O) groups excluding carboxylic acids is 1. The predicted molar refractivity (Wildman–Crippen MR) is 134 cm³/mol. The second-order valence-corrected chi connectivity index (χ2v) is 10.1. The highest BCUT2D eigenvalue weighted by atomic mass is 32.1. The molecule has 34 heavy (non-hydrogen) atoms. The van der Waals surface area contributed by atoms with Gasteiger partial charge in [-0.3, -0.25) is 10.1 Å². The van der Waals surface area contributed by atoms with Crippen LogP contribution >= 0.6 is 22.7 Å². The maximum absolute atomic E-state index is 12.6. The van der Waals surface area contributed by atoms with Gasteiger partial charge in [0.2, 0.25) is 5.76 Å². The highest BCUT2D eigenvalue weighted by molar-refractivity contribution is 7.23. The van der Waals surface area contributed by atoms with Gasteiger partial charge in [-0.1, -0.05) is 35.5 Å². The Labute approximate surface area is 202 Å². The van der Waals surface area contributed by atoms with Crippen LogP contribution in [-0.2, 0) is 16.0 Å². The van der Waals surface area contributed by atoms with Crippen LogP contribution in [0.4, 0.5) is 10.5 Å². The number of rotatable bonds is 6. The number of anilines is 1. The van der Waals surface area contributed by atoms with Crippen LogP contribution in [0.1, 0.15) is 29.2 Å². The molecule has 7 nitrogen and oxygen atoms in total. The van der Waals surface area contributed by atoms with Crippen molar-refractivity contribution in [3.63, 3.8) is 0 Å². The minimum Gasteiger partial charge on any atom is -0.481 e. The SMILES string of the molecule is Cc1noc(-c2cc3cc4sc(CC(=O)O)cc4cc3s2)c1NC(=O)OC(C)c1ccccc1.